The minimum atomic E-state index is -1.07. The van der Waals surface area contributed by atoms with Gasteiger partial charge in [0.2, 0.25) is 0 Å². The van der Waals surface area contributed by atoms with Crippen LogP contribution in [0.3, 0.4) is 0 Å². The van der Waals surface area contributed by atoms with E-state index in [4.69, 9.17) is 17.3 Å². The average molecular weight is 300 g/mol. The summed E-state index contributed by atoms with van der Waals surface area (Å²) in [5, 5.41) is -0.0268. The molecule has 0 bridgehead atoms. The summed E-state index contributed by atoms with van der Waals surface area (Å²) in [6, 6.07) is 7.48. The van der Waals surface area contributed by atoms with Crippen molar-refractivity contribution in [2.45, 2.75) is 18.9 Å². The Bertz CT molecular complexity index is 621. The Kier molecular flexibility index (Phi) is 4.06. The minimum absolute atomic E-state index is 0.0268. The van der Waals surface area contributed by atoms with Gasteiger partial charge >= 0.3 is 0 Å². The van der Waals surface area contributed by atoms with Crippen molar-refractivity contribution >= 4 is 11.6 Å². The fraction of sp³-hybridized carbons (Fsp3) is 0.200. The number of nitrogens with two attached hydrogens (primary N) is 1. The maximum atomic E-state index is 13.4. The number of hydrogen-bond donors (Lipinski definition) is 1. The molecule has 0 spiro atoms. The van der Waals surface area contributed by atoms with E-state index in [-0.39, 0.29) is 17.0 Å². The number of halogens is 4. The number of hydrogen-bond acceptors (Lipinski definition) is 1. The number of benzene rings is 2. The van der Waals surface area contributed by atoms with Gasteiger partial charge in [0, 0.05) is 11.6 Å². The molecule has 106 valence electrons. The summed E-state index contributed by atoms with van der Waals surface area (Å²) in [5.74, 6) is -1.96. The Morgan fingerprint density at radius 1 is 1.10 bits per heavy atom. The monoisotopic (exact) mass is 299 g/mol. The molecule has 0 amide bonds. The highest BCUT2D eigenvalue weighted by molar-refractivity contribution is 6.31. The Morgan fingerprint density at radius 3 is 2.30 bits per heavy atom. The third kappa shape index (κ3) is 3.14. The van der Waals surface area contributed by atoms with Crippen molar-refractivity contribution in [3.63, 3.8) is 0 Å². The highest BCUT2D eigenvalue weighted by atomic mass is 35.5. The van der Waals surface area contributed by atoms with Gasteiger partial charge in [-0.1, -0.05) is 23.7 Å². The first-order valence-electron chi connectivity index (χ1n) is 5.98. The van der Waals surface area contributed by atoms with E-state index in [0.29, 0.717) is 5.56 Å². The third-order valence-electron chi connectivity index (χ3n) is 3.11. The SMILES string of the molecule is CC(N)(Cc1cccc(F)c1Cl)c1cc(F)cc(F)c1. The van der Waals surface area contributed by atoms with Gasteiger partial charge in [-0.3, -0.25) is 0 Å². The predicted octanol–water partition coefficient (Wildman–Crippen LogP) is 4.17. The zero-order chi connectivity index (χ0) is 14.9. The molecule has 0 aliphatic heterocycles. The Labute approximate surface area is 120 Å². The molecule has 1 atom stereocenters. The van der Waals surface area contributed by atoms with Crippen molar-refractivity contribution in [3.8, 4) is 0 Å². The van der Waals surface area contributed by atoms with Crippen LogP contribution in [0.15, 0.2) is 36.4 Å². The van der Waals surface area contributed by atoms with Crippen LogP contribution in [-0.2, 0) is 12.0 Å². The van der Waals surface area contributed by atoms with E-state index in [1.807, 2.05) is 0 Å². The second kappa shape index (κ2) is 5.46. The Morgan fingerprint density at radius 2 is 1.70 bits per heavy atom. The fourth-order valence-corrected chi connectivity index (χ4v) is 2.26. The Hall–Kier alpha value is -1.52. The van der Waals surface area contributed by atoms with E-state index in [1.165, 1.54) is 12.1 Å². The van der Waals surface area contributed by atoms with Crippen molar-refractivity contribution in [2.24, 2.45) is 5.73 Å². The van der Waals surface area contributed by atoms with Crippen molar-refractivity contribution in [1.29, 1.82) is 0 Å². The van der Waals surface area contributed by atoms with Crippen LogP contribution < -0.4 is 5.73 Å². The zero-order valence-corrected chi connectivity index (χ0v) is 11.5. The largest absolute Gasteiger partial charge is 0.321 e. The minimum Gasteiger partial charge on any atom is -0.321 e. The lowest BCUT2D eigenvalue weighted by molar-refractivity contribution is 0.477. The molecule has 20 heavy (non-hydrogen) atoms. The van der Waals surface area contributed by atoms with Crippen LogP contribution in [0.25, 0.3) is 0 Å². The quantitative estimate of drug-likeness (QED) is 0.904. The Balaban J connectivity index is 2.37. The van der Waals surface area contributed by atoms with Gasteiger partial charge in [0.1, 0.15) is 17.5 Å². The lowest BCUT2D eigenvalue weighted by Crippen LogP contribution is -2.35. The molecular weight excluding hydrogens is 287 g/mol. The summed E-state index contributed by atoms with van der Waals surface area (Å²) in [6.07, 6.45) is 0.159. The molecule has 0 fully saturated rings. The van der Waals surface area contributed by atoms with E-state index >= 15 is 0 Å². The van der Waals surface area contributed by atoms with Crippen LogP contribution in [0, 0.1) is 17.5 Å². The first kappa shape index (κ1) is 14.9. The van der Waals surface area contributed by atoms with Crippen LogP contribution in [0.5, 0.6) is 0 Å². The van der Waals surface area contributed by atoms with Crippen LogP contribution >= 0.6 is 11.6 Å². The molecule has 0 heterocycles. The van der Waals surface area contributed by atoms with E-state index in [0.717, 1.165) is 18.2 Å². The lowest BCUT2D eigenvalue weighted by atomic mass is 9.86. The molecule has 1 unspecified atom stereocenters. The molecule has 0 aromatic heterocycles. The van der Waals surface area contributed by atoms with E-state index < -0.39 is 23.0 Å². The second-order valence-electron chi connectivity index (χ2n) is 4.97. The normalized spacial score (nSPS) is 14.1. The van der Waals surface area contributed by atoms with Crippen LogP contribution in [0.2, 0.25) is 5.02 Å². The second-order valence-corrected chi connectivity index (χ2v) is 5.34. The topological polar surface area (TPSA) is 26.0 Å². The predicted molar refractivity (Wildman–Crippen MR) is 73.0 cm³/mol. The molecular formula is C15H13ClF3N. The van der Waals surface area contributed by atoms with Crippen LogP contribution in [0.4, 0.5) is 13.2 Å². The maximum absolute atomic E-state index is 13.4. The van der Waals surface area contributed by atoms with Gasteiger partial charge in [-0.05, 0) is 42.7 Å². The summed E-state index contributed by atoms with van der Waals surface area (Å²) in [7, 11) is 0. The number of rotatable bonds is 3. The smallest absolute Gasteiger partial charge is 0.142 e. The van der Waals surface area contributed by atoms with E-state index in [1.54, 1.807) is 13.0 Å². The first-order valence-corrected chi connectivity index (χ1v) is 6.36. The zero-order valence-electron chi connectivity index (χ0n) is 10.8. The fourth-order valence-electron chi connectivity index (χ4n) is 2.07. The van der Waals surface area contributed by atoms with E-state index in [2.05, 4.69) is 0 Å². The van der Waals surface area contributed by atoms with Gasteiger partial charge in [-0.2, -0.15) is 0 Å². The lowest BCUT2D eigenvalue weighted by Gasteiger charge is -2.26. The van der Waals surface area contributed by atoms with Crippen molar-refractivity contribution in [3.05, 3.63) is 70.0 Å². The molecule has 2 rings (SSSR count). The van der Waals surface area contributed by atoms with Gasteiger partial charge < -0.3 is 5.73 Å². The molecule has 0 saturated carbocycles. The van der Waals surface area contributed by atoms with Crippen molar-refractivity contribution in [2.75, 3.05) is 0 Å². The van der Waals surface area contributed by atoms with Crippen LogP contribution in [0.1, 0.15) is 18.1 Å². The molecule has 0 saturated heterocycles. The third-order valence-corrected chi connectivity index (χ3v) is 3.53. The van der Waals surface area contributed by atoms with Crippen molar-refractivity contribution in [1.82, 2.24) is 0 Å². The van der Waals surface area contributed by atoms with Gasteiger partial charge in [0.05, 0.1) is 5.02 Å². The highest BCUT2D eigenvalue weighted by Gasteiger charge is 2.25. The van der Waals surface area contributed by atoms with Gasteiger partial charge in [0.25, 0.3) is 0 Å². The first-order chi connectivity index (χ1) is 9.29. The maximum Gasteiger partial charge on any atom is 0.142 e. The summed E-state index contributed by atoms with van der Waals surface area (Å²) in [5.41, 5.74) is 5.82. The molecule has 1 nitrogen and oxygen atoms in total. The van der Waals surface area contributed by atoms with Crippen LogP contribution in [-0.4, -0.2) is 0 Å². The van der Waals surface area contributed by atoms with Crippen molar-refractivity contribution < 1.29 is 13.2 Å². The molecule has 0 aliphatic carbocycles. The molecule has 0 aliphatic rings. The summed E-state index contributed by atoms with van der Waals surface area (Å²) < 4.78 is 39.9. The van der Waals surface area contributed by atoms with E-state index in [9.17, 15) is 13.2 Å². The summed E-state index contributed by atoms with van der Waals surface area (Å²) in [4.78, 5) is 0. The average Bonchev–Trinajstić information content (AvgIpc) is 2.33. The van der Waals surface area contributed by atoms with Gasteiger partial charge in [-0.25, -0.2) is 13.2 Å². The molecule has 5 heteroatoms. The standard InChI is InChI=1S/C15H13ClF3N/c1-15(20,10-5-11(17)7-12(18)6-10)8-9-3-2-4-13(19)14(9)16/h2-7H,8,20H2,1H3. The van der Waals surface area contributed by atoms with Gasteiger partial charge in [0.15, 0.2) is 0 Å². The summed E-state index contributed by atoms with van der Waals surface area (Å²) in [6.45, 7) is 1.61. The molecule has 2 aromatic carbocycles. The highest BCUT2D eigenvalue weighted by Crippen LogP contribution is 2.28. The van der Waals surface area contributed by atoms with Gasteiger partial charge in [-0.15, -0.1) is 0 Å². The summed E-state index contributed by atoms with van der Waals surface area (Å²) >= 11 is 5.87. The molecule has 2 N–H and O–H groups in total. The molecule has 2 aromatic rings. The molecule has 0 radical (unpaired) electrons.